The van der Waals surface area contributed by atoms with Gasteiger partial charge in [0, 0.05) is 6.20 Å². The molecule has 0 radical (unpaired) electrons. The maximum atomic E-state index is 13.1. The van der Waals surface area contributed by atoms with Crippen molar-refractivity contribution in [3.05, 3.63) is 30.6 Å². The molecule has 2 aromatic heterocycles. The highest BCUT2D eigenvalue weighted by Gasteiger charge is 2.41. The molecule has 0 spiro atoms. The van der Waals surface area contributed by atoms with Crippen LogP contribution in [0.15, 0.2) is 30.6 Å². The van der Waals surface area contributed by atoms with E-state index in [-0.39, 0.29) is 10.4 Å². The first-order valence-electron chi connectivity index (χ1n) is 4.63. The molecule has 2 aromatic rings. The number of halogens is 3. The summed E-state index contributed by atoms with van der Waals surface area (Å²) >= 11 is 0. The van der Waals surface area contributed by atoms with Crippen molar-refractivity contribution in [2.45, 2.75) is 12.3 Å². The van der Waals surface area contributed by atoms with Crippen LogP contribution in [0.4, 0.5) is 13.2 Å². The molecule has 0 unspecified atom stereocenters. The summed E-state index contributed by atoms with van der Waals surface area (Å²) in [5.74, 6) is 0. The summed E-state index contributed by atoms with van der Waals surface area (Å²) in [5.41, 5.74) is 5.01. The Morgan fingerprint density at radius 2 is 2.06 bits per heavy atom. The van der Waals surface area contributed by atoms with Crippen LogP contribution in [-0.2, 0) is 6.05 Å². The third kappa shape index (κ3) is 2.11. The molecule has 2 heterocycles. The van der Waals surface area contributed by atoms with Gasteiger partial charge in [-0.3, -0.25) is 10.7 Å². The van der Waals surface area contributed by atoms with Gasteiger partial charge >= 0.3 is 6.05 Å². The van der Waals surface area contributed by atoms with E-state index < -0.39 is 12.3 Å². The van der Waals surface area contributed by atoms with E-state index in [1.165, 1.54) is 6.20 Å². The Morgan fingerprint density at radius 3 is 2.65 bits per heavy atom. The Balaban J connectivity index is 2.35. The van der Waals surface area contributed by atoms with Crippen molar-refractivity contribution in [3.63, 3.8) is 0 Å². The average molecular weight is 243 g/mol. The molecule has 0 saturated heterocycles. The molecule has 5 nitrogen and oxygen atoms in total. The third-order valence-corrected chi connectivity index (χ3v) is 2.06. The molecule has 0 fully saturated rings. The normalized spacial score (nSPS) is 13.6. The summed E-state index contributed by atoms with van der Waals surface area (Å²) in [5, 5.41) is 6.63. The van der Waals surface area contributed by atoms with Crippen LogP contribution in [0.2, 0.25) is 0 Å². The van der Waals surface area contributed by atoms with Crippen LogP contribution in [-0.4, -0.2) is 26.3 Å². The molecule has 0 amide bonds. The summed E-state index contributed by atoms with van der Waals surface area (Å²) in [4.78, 5) is 3.90. The van der Waals surface area contributed by atoms with Gasteiger partial charge in [0.05, 0.1) is 11.9 Å². The van der Waals surface area contributed by atoms with Crippen LogP contribution < -0.4 is 5.73 Å². The quantitative estimate of drug-likeness (QED) is 0.821. The van der Waals surface area contributed by atoms with Crippen molar-refractivity contribution in [2.24, 2.45) is 5.73 Å². The summed E-state index contributed by atoms with van der Waals surface area (Å²) in [6, 6.07) is 0.974. The SMILES string of the molecule is N[C@@H](F)C(F)(F)n1cc(-c2ccccn2)nn1. The highest BCUT2D eigenvalue weighted by atomic mass is 19.3. The van der Waals surface area contributed by atoms with Gasteiger partial charge in [0.1, 0.15) is 5.69 Å². The topological polar surface area (TPSA) is 69.6 Å². The van der Waals surface area contributed by atoms with E-state index in [2.05, 4.69) is 21.0 Å². The Hall–Kier alpha value is -1.96. The van der Waals surface area contributed by atoms with Gasteiger partial charge in [0.25, 0.3) is 0 Å². The van der Waals surface area contributed by atoms with Crippen molar-refractivity contribution in [2.75, 3.05) is 0 Å². The van der Waals surface area contributed by atoms with Crippen molar-refractivity contribution in [1.82, 2.24) is 20.0 Å². The number of alkyl halides is 3. The first-order chi connectivity index (χ1) is 8.01. The van der Waals surface area contributed by atoms with Crippen LogP contribution >= 0.6 is 0 Å². The number of hydrogen-bond acceptors (Lipinski definition) is 4. The van der Waals surface area contributed by atoms with Gasteiger partial charge in [-0.1, -0.05) is 11.3 Å². The molecule has 2 rings (SSSR count). The van der Waals surface area contributed by atoms with Crippen molar-refractivity contribution in [1.29, 1.82) is 0 Å². The Bertz CT molecular complexity index is 496. The second-order valence-electron chi connectivity index (χ2n) is 3.25. The van der Waals surface area contributed by atoms with Gasteiger partial charge in [0.15, 0.2) is 0 Å². The minimum atomic E-state index is -3.93. The fraction of sp³-hybridized carbons (Fsp3) is 0.222. The number of hydrogen-bond donors (Lipinski definition) is 1. The van der Waals surface area contributed by atoms with Crippen molar-refractivity contribution in [3.8, 4) is 11.4 Å². The molecule has 1 atom stereocenters. The maximum absolute atomic E-state index is 13.1. The Kier molecular flexibility index (Phi) is 2.80. The number of aromatic nitrogens is 4. The molecule has 0 aliphatic heterocycles. The van der Waals surface area contributed by atoms with Gasteiger partial charge in [-0.15, -0.1) is 5.10 Å². The van der Waals surface area contributed by atoms with Crippen LogP contribution in [0.3, 0.4) is 0 Å². The van der Waals surface area contributed by atoms with Crippen LogP contribution in [0.1, 0.15) is 0 Å². The summed E-state index contributed by atoms with van der Waals surface area (Å²) in [7, 11) is 0. The standard InChI is InChI=1S/C9H8F3N5/c10-8(13)9(11,12)17-5-7(15-16-17)6-3-1-2-4-14-6/h1-5,8H,13H2/t8-/m1/s1. The molecule has 0 aromatic carbocycles. The van der Waals surface area contributed by atoms with E-state index in [0.717, 1.165) is 6.20 Å². The minimum absolute atomic E-state index is 0.0850. The van der Waals surface area contributed by atoms with Gasteiger partial charge in [-0.2, -0.15) is 13.5 Å². The van der Waals surface area contributed by atoms with Crippen LogP contribution in [0.25, 0.3) is 11.4 Å². The zero-order valence-corrected chi connectivity index (χ0v) is 8.46. The predicted molar refractivity (Wildman–Crippen MR) is 52.5 cm³/mol. The van der Waals surface area contributed by atoms with Crippen molar-refractivity contribution >= 4 is 0 Å². The number of nitrogens with two attached hydrogens (primary N) is 1. The second-order valence-corrected chi connectivity index (χ2v) is 3.25. The largest absolute Gasteiger partial charge is 0.388 e. The van der Waals surface area contributed by atoms with Gasteiger partial charge in [-0.25, -0.2) is 4.39 Å². The molecule has 8 heteroatoms. The first kappa shape index (κ1) is 11.5. The average Bonchev–Trinajstić information content (AvgIpc) is 2.80. The van der Waals surface area contributed by atoms with E-state index >= 15 is 0 Å². The lowest BCUT2D eigenvalue weighted by molar-refractivity contribution is -0.151. The summed E-state index contributed by atoms with van der Waals surface area (Å²) in [6.45, 7) is 0. The molecule has 90 valence electrons. The summed E-state index contributed by atoms with van der Waals surface area (Å²) < 4.78 is 38.9. The Morgan fingerprint density at radius 1 is 1.29 bits per heavy atom. The molecule has 0 bridgehead atoms. The lowest BCUT2D eigenvalue weighted by atomic mass is 10.3. The molecule has 2 N–H and O–H groups in total. The maximum Gasteiger partial charge on any atom is 0.388 e. The molecule has 0 aliphatic rings. The molecule has 17 heavy (non-hydrogen) atoms. The fourth-order valence-corrected chi connectivity index (χ4v) is 1.17. The zero-order chi connectivity index (χ0) is 12.5. The summed E-state index contributed by atoms with van der Waals surface area (Å²) in [6.07, 6.45) is -0.476. The highest BCUT2D eigenvalue weighted by Crippen LogP contribution is 2.25. The molecular weight excluding hydrogens is 235 g/mol. The third-order valence-electron chi connectivity index (χ3n) is 2.06. The number of rotatable bonds is 3. The van der Waals surface area contributed by atoms with E-state index in [4.69, 9.17) is 0 Å². The van der Waals surface area contributed by atoms with Gasteiger partial charge in [0.2, 0.25) is 6.30 Å². The van der Waals surface area contributed by atoms with E-state index in [0.29, 0.717) is 5.69 Å². The predicted octanol–water partition coefficient (Wildman–Crippen LogP) is 1.14. The first-order valence-corrected chi connectivity index (χ1v) is 4.63. The van der Waals surface area contributed by atoms with E-state index in [1.807, 2.05) is 0 Å². The molecule has 0 saturated carbocycles. The van der Waals surface area contributed by atoms with E-state index in [1.54, 1.807) is 18.2 Å². The highest BCUT2D eigenvalue weighted by molar-refractivity contribution is 5.51. The van der Waals surface area contributed by atoms with Gasteiger partial charge in [-0.05, 0) is 12.1 Å². The van der Waals surface area contributed by atoms with Crippen LogP contribution in [0.5, 0.6) is 0 Å². The van der Waals surface area contributed by atoms with Crippen LogP contribution in [0, 0.1) is 0 Å². The molecular formula is C9H8F3N5. The monoisotopic (exact) mass is 243 g/mol. The fourth-order valence-electron chi connectivity index (χ4n) is 1.17. The lowest BCUT2D eigenvalue weighted by Gasteiger charge is -2.16. The van der Waals surface area contributed by atoms with E-state index in [9.17, 15) is 13.2 Å². The number of nitrogens with zero attached hydrogens (tertiary/aromatic N) is 4. The second kappa shape index (κ2) is 4.13. The zero-order valence-electron chi connectivity index (χ0n) is 8.46. The van der Waals surface area contributed by atoms with Crippen molar-refractivity contribution < 1.29 is 13.2 Å². The number of pyridine rings is 1. The Labute approximate surface area is 94.1 Å². The lowest BCUT2D eigenvalue weighted by Crippen LogP contribution is -2.40. The minimum Gasteiger partial charge on any atom is -0.295 e. The smallest absolute Gasteiger partial charge is 0.295 e. The molecule has 0 aliphatic carbocycles. The van der Waals surface area contributed by atoms with Gasteiger partial charge < -0.3 is 0 Å².